The zero-order valence-corrected chi connectivity index (χ0v) is 34.2. The predicted molar refractivity (Wildman–Crippen MR) is 210 cm³/mol. The molecule has 0 radical (unpaired) electrons. The van der Waals surface area contributed by atoms with Crippen molar-refractivity contribution >= 4 is 46.3 Å². The number of amides is 2. The van der Waals surface area contributed by atoms with E-state index in [2.05, 4.69) is 20.6 Å². The highest BCUT2D eigenvalue weighted by Gasteiger charge is 2.31. The van der Waals surface area contributed by atoms with Crippen LogP contribution in [0.15, 0.2) is 41.2 Å². The second-order valence-corrected chi connectivity index (χ2v) is 16.7. The number of aromatic nitrogens is 2. The number of aromatic amines is 1. The average molecular weight is 764 g/mol. The van der Waals surface area contributed by atoms with Crippen LogP contribution in [0.2, 0.25) is 0 Å². The summed E-state index contributed by atoms with van der Waals surface area (Å²) in [4.78, 5) is 87.0. The molecule has 0 aliphatic carbocycles. The molecular weight excluding hydrogens is 706 g/mol. The number of aryl methyl sites for hydroxylation is 2. The van der Waals surface area contributed by atoms with E-state index in [1.54, 1.807) is 93.5 Å². The molecule has 0 bridgehead atoms. The molecule has 0 fully saturated rings. The normalized spacial score (nSPS) is 13.0. The molecule has 3 N–H and O–H groups in total. The third-order valence-corrected chi connectivity index (χ3v) is 8.00. The maximum absolute atomic E-state index is 13.4. The molecule has 0 aliphatic rings. The van der Waals surface area contributed by atoms with E-state index in [1.165, 1.54) is 0 Å². The lowest BCUT2D eigenvalue weighted by atomic mass is 10.0. The van der Waals surface area contributed by atoms with Crippen molar-refractivity contribution in [1.82, 2.24) is 20.6 Å². The summed E-state index contributed by atoms with van der Waals surface area (Å²) in [7, 11) is 1.89. The highest BCUT2D eigenvalue weighted by atomic mass is 16.6. The molecule has 0 saturated heterocycles. The van der Waals surface area contributed by atoms with E-state index in [4.69, 9.17) is 14.2 Å². The highest BCUT2D eigenvalue weighted by Crippen LogP contribution is 2.22. The van der Waals surface area contributed by atoms with Crippen LogP contribution in [-0.4, -0.2) is 75.6 Å². The lowest BCUT2D eigenvalue weighted by Crippen LogP contribution is -2.47. The molecule has 2 aromatic carbocycles. The van der Waals surface area contributed by atoms with E-state index in [0.29, 0.717) is 23.3 Å². The van der Waals surface area contributed by atoms with Crippen LogP contribution >= 0.6 is 0 Å². The van der Waals surface area contributed by atoms with Gasteiger partial charge in [-0.05, 0) is 137 Å². The van der Waals surface area contributed by atoms with Gasteiger partial charge in [-0.3, -0.25) is 19.2 Å². The number of ether oxygens (including phenoxy) is 3. The number of H-pyrrole nitrogens is 1. The van der Waals surface area contributed by atoms with Gasteiger partial charge in [-0.2, -0.15) is 0 Å². The van der Waals surface area contributed by atoms with Crippen molar-refractivity contribution in [2.75, 3.05) is 11.9 Å². The fourth-order valence-electron chi connectivity index (χ4n) is 5.52. The number of fused-ring (bicyclic) bond motifs is 1. The van der Waals surface area contributed by atoms with E-state index in [1.807, 2.05) is 31.0 Å². The van der Waals surface area contributed by atoms with Gasteiger partial charge in [0.25, 0.3) is 11.5 Å². The van der Waals surface area contributed by atoms with Crippen LogP contribution in [0.25, 0.3) is 10.9 Å². The lowest BCUT2D eigenvalue weighted by Gasteiger charge is -2.26. The van der Waals surface area contributed by atoms with E-state index in [0.717, 1.165) is 16.8 Å². The van der Waals surface area contributed by atoms with Crippen LogP contribution in [0.5, 0.6) is 0 Å². The quantitative estimate of drug-likeness (QED) is 0.142. The van der Waals surface area contributed by atoms with Crippen LogP contribution < -0.4 is 21.1 Å². The van der Waals surface area contributed by atoms with E-state index in [-0.39, 0.29) is 36.8 Å². The predicted octanol–water partition coefficient (Wildman–Crippen LogP) is 5.35. The zero-order valence-electron chi connectivity index (χ0n) is 34.2. The second-order valence-electron chi connectivity index (χ2n) is 16.7. The Morgan fingerprint density at radius 3 is 1.84 bits per heavy atom. The third kappa shape index (κ3) is 14.5. The topological polar surface area (TPSA) is 186 Å². The van der Waals surface area contributed by atoms with Gasteiger partial charge in [0.2, 0.25) is 5.91 Å². The van der Waals surface area contributed by atoms with Gasteiger partial charge < -0.3 is 34.7 Å². The molecule has 1 heterocycles. The Kier molecular flexibility index (Phi) is 14.4. The van der Waals surface area contributed by atoms with Gasteiger partial charge in [0.1, 0.15) is 34.7 Å². The first-order valence-corrected chi connectivity index (χ1v) is 18.4. The number of carbonyl (C=O) groups excluding carboxylic acids is 5. The van der Waals surface area contributed by atoms with Crippen LogP contribution in [0.1, 0.15) is 115 Å². The van der Waals surface area contributed by atoms with Gasteiger partial charge in [-0.1, -0.05) is 0 Å². The number of esters is 3. The van der Waals surface area contributed by atoms with Crippen LogP contribution in [0, 0.1) is 13.8 Å². The molecule has 14 heteroatoms. The number of nitrogens with one attached hydrogen (secondary N) is 3. The molecule has 1 aromatic heterocycles. The molecule has 0 saturated carbocycles. The molecule has 3 aromatic rings. The van der Waals surface area contributed by atoms with Gasteiger partial charge in [0.05, 0.1) is 10.9 Å². The summed E-state index contributed by atoms with van der Waals surface area (Å²) in [5.74, 6) is -2.58. The van der Waals surface area contributed by atoms with Gasteiger partial charge in [-0.25, -0.2) is 14.6 Å². The first-order valence-electron chi connectivity index (χ1n) is 18.4. The van der Waals surface area contributed by atoms with Crippen molar-refractivity contribution in [3.8, 4) is 0 Å². The number of hydrogen-bond acceptors (Lipinski definition) is 11. The Hall–Kier alpha value is -5.27. The molecule has 2 atom stereocenters. The standard InChI is InChI=1S/C41H57N5O9/c1-24-21-32-29(36(50)43-25(2)42-32)22-27(24)23-46(12)28-15-13-26(14-16-28)35(49)45-31(38(52)55-41(9,10)11)17-19-33(47)44-30(37(51)54-40(6,7)8)18-20-34(48)53-39(3,4)5/h13-16,21-22,30-31H,17-20,23H2,1-12H3,(H,44,47)(H,45,49)(H,42,43,50)/t30-,31+/m1/s1. The van der Waals surface area contributed by atoms with Crippen LogP contribution in [0.3, 0.4) is 0 Å². The average Bonchev–Trinajstić information content (AvgIpc) is 3.03. The van der Waals surface area contributed by atoms with Crippen molar-refractivity contribution in [3.63, 3.8) is 0 Å². The van der Waals surface area contributed by atoms with Gasteiger partial charge in [-0.15, -0.1) is 0 Å². The summed E-state index contributed by atoms with van der Waals surface area (Å²) in [6, 6.07) is 8.18. The summed E-state index contributed by atoms with van der Waals surface area (Å²) in [6.07, 6.45) is -0.598. The summed E-state index contributed by atoms with van der Waals surface area (Å²) in [5, 5.41) is 5.83. The van der Waals surface area contributed by atoms with Crippen molar-refractivity contribution in [3.05, 3.63) is 69.3 Å². The van der Waals surface area contributed by atoms with E-state index in [9.17, 15) is 28.8 Å². The van der Waals surface area contributed by atoms with Crippen molar-refractivity contribution < 1.29 is 38.2 Å². The maximum atomic E-state index is 13.4. The van der Waals surface area contributed by atoms with Gasteiger partial charge in [0, 0.05) is 37.7 Å². The lowest BCUT2D eigenvalue weighted by molar-refractivity contribution is -0.161. The first kappa shape index (κ1) is 44.1. The number of anilines is 1. The van der Waals surface area contributed by atoms with Crippen LogP contribution in [-0.2, 0) is 39.9 Å². The largest absolute Gasteiger partial charge is 0.460 e. The number of carbonyl (C=O) groups is 5. The monoisotopic (exact) mass is 763 g/mol. The summed E-state index contributed by atoms with van der Waals surface area (Å²) >= 11 is 0. The Morgan fingerprint density at radius 1 is 0.764 bits per heavy atom. The van der Waals surface area contributed by atoms with Gasteiger partial charge in [0.15, 0.2) is 0 Å². The Morgan fingerprint density at radius 2 is 1.29 bits per heavy atom. The summed E-state index contributed by atoms with van der Waals surface area (Å²) in [6.45, 7) is 19.5. The number of rotatable bonds is 14. The van der Waals surface area contributed by atoms with E-state index >= 15 is 0 Å². The zero-order chi connectivity index (χ0) is 41.5. The minimum absolute atomic E-state index is 0.0636. The summed E-state index contributed by atoms with van der Waals surface area (Å²) in [5.41, 5.74) is 0.994. The molecule has 3 rings (SSSR count). The smallest absolute Gasteiger partial charge is 0.329 e. The van der Waals surface area contributed by atoms with Gasteiger partial charge >= 0.3 is 17.9 Å². The fourth-order valence-corrected chi connectivity index (χ4v) is 5.52. The fraction of sp³-hybridized carbons (Fsp3) is 0.537. The molecule has 2 amide bonds. The molecule has 55 heavy (non-hydrogen) atoms. The number of benzene rings is 2. The minimum Gasteiger partial charge on any atom is -0.460 e. The van der Waals surface area contributed by atoms with Crippen molar-refractivity contribution in [2.24, 2.45) is 0 Å². The molecular formula is C41H57N5O9. The number of nitrogens with zero attached hydrogens (tertiary/aromatic N) is 2. The molecule has 0 spiro atoms. The van der Waals surface area contributed by atoms with Crippen LogP contribution in [0.4, 0.5) is 5.69 Å². The van der Waals surface area contributed by atoms with E-state index < -0.39 is 58.6 Å². The highest BCUT2D eigenvalue weighted by molar-refractivity contribution is 5.97. The first-order chi connectivity index (χ1) is 25.3. The second kappa shape index (κ2) is 17.9. The maximum Gasteiger partial charge on any atom is 0.329 e. The Bertz CT molecular complexity index is 1930. The van der Waals surface area contributed by atoms with Crippen molar-refractivity contribution in [2.45, 2.75) is 137 Å². The molecule has 0 aliphatic heterocycles. The number of hydrogen-bond donors (Lipinski definition) is 3. The summed E-state index contributed by atoms with van der Waals surface area (Å²) < 4.78 is 16.4. The SMILES string of the molecule is Cc1nc2cc(C)c(CN(C)c3ccc(C(=O)N[C@@H](CCC(=O)N[C@H](CCC(=O)OC(C)(C)C)C(=O)OC(C)(C)C)C(=O)OC(C)(C)C)cc3)cc2c(=O)[nH]1. The Labute approximate surface area is 323 Å². The minimum atomic E-state index is -1.20. The Balaban J connectivity index is 1.71. The van der Waals surface area contributed by atoms with Crippen molar-refractivity contribution in [1.29, 1.82) is 0 Å². The molecule has 300 valence electrons. The third-order valence-electron chi connectivity index (χ3n) is 8.00. The molecule has 0 unspecified atom stereocenters. The molecule has 14 nitrogen and oxygen atoms in total.